The molecule has 0 spiro atoms. The SMILES string of the molecule is CCN=c1scc(-c2ccc3cc(OC)ccc3c2)n1N=CC1CC=CCC1. The molecule has 0 amide bonds. The molecule has 1 aromatic heterocycles. The summed E-state index contributed by atoms with van der Waals surface area (Å²) in [5.74, 6) is 1.38. The fourth-order valence-electron chi connectivity index (χ4n) is 3.48. The van der Waals surface area contributed by atoms with E-state index < -0.39 is 0 Å². The Morgan fingerprint density at radius 2 is 2.04 bits per heavy atom. The first kappa shape index (κ1) is 18.7. The van der Waals surface area contributed by atoms with Gasteiger partial charge in [0, 0.05) is 23.7 Å². The van der Waals surface area contributed by atoms with E-state index in [1.165, 1.54) is 10.8 Å². The molecule has 0 bridgehead atoms. The Bertz CT molecular complexity index is 1090. The number of methoxy groups -OCH3 is 1. The Labute approximate surface area is 169 Å². The third kappa shape index (κ3) is 3.94. The number of aromatic nitrogens is 1. The van der Waals surface area contributed by atoms with Crippen molar-refractivity contribution in [2.45, 2.75) is 26.2 Å². The number of benzene rings is 2. The Morgan fingerprint density at radius 1 is 1.18 bits per heavy atom. The maximum atomic E-state index is 5.34. The number of allylic oxidation sites excluding steroid dienone is 2. The molecule has 144 valence electrons. The predicted octanol–water partition coefficient (Wildman–Crippen LogP) is 5.49. The van der Waals surface area contributed by atoms with Crippen LogP contribution in [0.1, 0.15) is 26.2 Å². The highest BCUT2D eigenvalue weighted by molar-refractivity contribution is 7.07. The molecule has 5 heteroatoms. The van der Waals surface area contributed by atoms with E-state index in [0.29, 0.717) is 5.92 Å². The summed E-state index contributed by atoms with van der Waals surface area (Å²) < 4.78 is 7.33. The standard InChI is InChI=1S/C23H25N3OS/c1-3-24-23-26(25-15-17-7-5-4-6-8-17)22(16-28-23)20-10-9-19-14-21(27-2)12-11-18(19)13-20/h4-5,9-17H,3,6-8H2,1-2H3. The lowest BCUT2D eigenvalue weighted by Crippen LogP contribution is -2.14. The van der Waals surface area contributed by atoms with Gasteiger partial charge in [0.05, 0.1) is 12.8 Å². The van der Waals surface area contributed by atoms with Crippen LogP contribution in [0.25, 0.3) is 22.0 Å². The zero-order chi connectivity index (χ0) is 19.3. The van der Waals surface area contributed by atoms with Gasteiger partial charge in [0.15, 0.2) is 0 Å². The molecule has 0 N–H and O–H groups in total. The molecule has 1 aliphatic carbocycles. The molecule has 0 fully saturated rings. The van der Waals surface area contributed by atoms with Gasteiger partial charge in [0.1, 0.15) is 5.75 Å². The first-order valence-electron chi connectivity index (χ1n) is 9.77. The maximum Gasteiger partial charge on any atom is 0.206 e. The lowest BCUT2D eigenvalue weighted by atomic mass is 9.96. The molecule has 1 heterocycles. The summed E-state index contributed by atoms with van der Waals surface area (Å²) in [6.07, 6.45) is 9.99. The van der Waals surface area contributed by atoms with E-state index in [9.17, 15) is 0 Å². The van der Waals surface area contributed by atoms with Crippen molar-refractivity contribution in [3.63, 3.8) is 0 Å². The molecule has 1 unspecified atom stereocenters. The van der Waals surface area contributed by atoms with Crippen LogP contribution in [-0.2, 0) is 0 Å². The van der Waals surface area contributed by atoms with Gasteiger partial charge in [0.2, 0.25) is 4.80 Å². The van der Waals surface area contributed by atoms with Crippen LogP contribution in [-0.4, -0.2) is 24.5 Å². The first-order chi connectivity index (χ1) is 13.8. The number of fused-ring (bicyclic) bond motifs is 1. The molecule has 3 aromatic rings. The number of nitrogens with zero attached hydrogens (tertiary/aromatic N) is 3. The molecule has 4 rings (SSSR count). The molecule has 0 saturated heterocycles. The topological polar surface area (TPSA) is 38.9 Å². The van der Waals surface area contributed by atoms with E-state index in [-0.39, 0.29) is 0 Å². The maximum absolute atomic E-state index is 5.34. The summed E-state index contributed by atoms with van der Waals surface area (Å²) in [6, 6.07) is 12.7. The van der Waals surface area contributed by atoms with Gasteiger partial charge in [-0.05, 0) is 61.1 Å². The normalized spacial score (nSPS) is 17.6. The van der Waals surface area contributed by atoms with Crippen LogP contribution in [0.15, 0.2) is 64.0 Å². The van der Waals surface area contributed by atoms with Crippen LogP contribution in [0, 0.1) is 5.92 Å². The van der Waals surface area contributed by atoms with E-state index in [1.807, 2.05) is 10.7 Å². The fraction of sp³-hybridized carbons (Fsp3) is 0.304. The minimum Gasteiger partial charge on any atom is -0.497 e. The second kappa shape index (κ2) is 8.57. The number of hydrogen-bond acceptors (Lipinski definition) is 4. The van der Waals surface area contributed by atoms with Crippen molar-refractivity contribution in [2.75, 3.05) is 13.7 Å². The van der Waals surface area contributed by atoms with Crippen molar-refractivity contribution < 1.29 is 4.74 Å². The minimum atomic E-state index is 0.504. The average Bonchev–Trinajstić information content (AvgIpc) is 3.15. The molecule has 2 aromatic carbocycles. The summed E-state index contributed by atoms with van der Waals surface area (Å²) in [4.78, 5) is 5.58. The molecule has 4 nitrogen and oxygen atoms in total. The molecule has 0 saturated carbocycles. The summed E-state index contributed by atoms with van der Waals surface area (Å²) >= 11 is 1.64. The molecular weight excluding hydrogens is 366 g/mol. The number of ether oxygens (including phenoxy) is 1. The third-order valence-corrected chi connectivity index (χ3v) is 5.88. The van der Waals surface area contributed by atoms with Crippen LogP contribution < -0.4 is 9.54 Å². The van der Waals surface area contributed by atoms with Crippen molar-refractivity contribution in [2.24, 2.45) is 16.0 Å². The third-order valence-electron chi connectivity index (χ3n) is 5.02. The van der Waals surface area contributed by atoms with Crippen molar-refractivity contribution in [1.29, 1.82) is 0 Å². The Morgan fingerprint density at radius 3 is 2.82 bits per heavy atom. The van der Waals surface area contributed by atoms with Gasteiger partial charge in [-0.1, -0.05) is 30.4 Å². The molecule has 0 radical (unpaired) electrons. The Balaban J connectivity index is 1.74. The van der Waals surface area contributed by atoms with Crippen molar-refractivity contribution in [3.8, 4) is 17.0 Å². The lowest BCUT2D eigenvalue weighted by Gasteiger charge is -2.12. The molecule has 28 heavy (non-hydrogen) atoms. The van der Waals surface area contributed by atoms with Crippen LogP contribution in [0.4, 0.5) is 0 Å². The van der Waals surface area contributed by atoms with Gasteiger partial charge in [-0.15, -0.1) is 11.3 Å². The molecule has 1 aliphatic rings. The highest BCUT2D eigenvalue weighted by Gasteiger charge is 2.11. The summed E-state index contributed by atoms with van der Waals surface area (Å²) in [6.45, 7) is 2.81. The quantitative estimate of drug-likeness (QED) is 0.419. The van der Waals surface area contributed by atoms with Crippen LogP contribution in [0.3, 0.4) is 0 Å². The first-order valence-corrected chi connectivity index (χ1v) is 10.6. The largest absolute Gasteiger partial charge is 0.497 e. The van der Waals surface area contributed by atoms with Gasteiger partial charge in [-0.25, -0.2) is 4.68 Å². The minimum absolute atomic E-state index is 0.504. The van der Waals surface area contributed by atoms with Gasteiger partial charge in [-0.3, -0.25) is 4.99 Å². The summed E-state index contributed by atoms with van der Waals surface area (Å²) in [5, 5.41) is 9.35. The van der Waals surface area contributed by atoms with Crippen molar-refractivity contribution in [1.82, 2.24) is 4.68 Å². The van der Waals surface area contributed by atoms with E-state index in [0.717, 1.165) is 47.6 Å². The second-order valence-corrected chi connectivity index (χ2v) is 7.76. The number of hydrogen-bond donors (Lipinski definition) is 0. The van der Waals surface area contributed by atoms with Gasteiger partial charge in [0.25, 0.3) is 0 Å². The Hall–Kier alpha value is -2.66. The zero-order valence-electron chi connectivity index (χ0n) is 16.3. The highest BCUT2D eigenvalue weighted by Crippen LogP contribution is 2.27. The predicted molar refractivity (Wildman–Crippen MR) is 118 cm³/mol. The van der Waals surface area contributed by atoms with E-state index in [1.54, 1.807) is 18.4 Å². The monoisotopic (exact) mass is 391 g/mol. The lowest BCUT2D eigenvalue weighted by molar-refractivity contribution is 0.415. The molecule has 0 aliphatic heterocycles. The van der Waals surface area contributed by atoms with Crippen LogP contribution in [0.5, 0.6) is 5.75 Å². The van der Waals surface area contributed by atoms with Crippen molar-refractivity contribution in [3.05, 3.63) is 58.7 Å². The van der Waals surface area contributed by atoms with E-state index in [2.05, 4.69) is 66.0 Å². The smallest absolute Gasteiger partial charge is 0.206 e. The number of rotatable bonds is 5. The van der Waals surface area contributed by atoms with Gasteiger partial charge >= 0.3 is 0 Å². The number of thiazole rings is 1. The van der Waals surface area contributed by atoms with Crippen LogP contribution >= 0.6 is 11.3 Å². The summed E-state index contributed by atoms with van der Waals surface area (Å²) in [7, 11) is 1.70. The van der Waals surface area contributed by atoms with Gasteiger partial charge < -0.3 is 4.74 Å². The average molecular weight is 392 g/mol. The van der Waals surface area contributed by atoms with E-state index >= 15 is 0 Å². The Kier molecular flexibility index (Phi) is 5.72. The van der Waals surface area contributed by atoms with E-state index in [4.69, 9.17) is 9.84 Å². The molecule has 1 atom stereocenters. The van der Waals surface area contributed by atoms with Crippen LogP contribution in [0.2, 0.25) is 0 Å². The van der Waals surface area contributed by atoms with Crippen molar-refractivity contribution >= 4 is 28.3 Å². The van der Waals surface area contributed by atoms with Gasteiger partial charge in [-0.2, -0.15) is 5.10 Å². The second-order valence-electron chi connectivity index (χ2n) is 6.93. The fourth-order valence-corrected chi connectivity index (χ4v) is 4.38. The highest BCUT2D eigenvalue weighted by atomic mass is 32.1. The zero-order valence-corrected chi connectivity index (χ0v) is 17.2. The summed E-state index contributed by atoms with van der Waals surface area (Å²) in [5.41, 5.74) is 2.23. The molecular formula is C23H25N3OS.